The van der Waals surface area contributed by atoms with Gasteiger partial charge in [0.1, 0.15) is 4.88 Å². The number of fused-ring (bicyclic) bond motifs is 1. The maximum absolute atomic E-state index is 12.0. The summed E-state index contributed by atoms with van der Waals surface area (Å²) in [6.45, 7) is 1.62. The lowest BCUT2D eigenvalue weighted by Crippen LogP contribution is -2.36. The van der Waals surface area contributed by atoms with Crippen LogP contribution in [0.15, 0.2) is 6.07 Å². The number of carbonyl (C=O) groups is 2. The summed E-state index contributed by atoms with van der Waals surface area (Å²) in [7, 11) is 0. The maximum atomic E-state index is 12.0. The van der Waals surface area contributed by atoms with E-state index in [2.05, 4.69) is 5.32 Å². The number of amides is 1. The Bertz CT molecular complexity index is 497. The Labute approximate surface area is 116 Å². The Morgan fingerprint density at radius 1 is 1.42 bits per heavy atom. The molecule has 0 aromatic carbocycles. The first-order valence-corrected chi connectivity index (χ1v) is 7.58. The molecule has 4 nitrogen and oxygen atoms in total. The zero-order valence-electron chi connectivity index (χ0n) is 10.9. The molecule has 102 valence electrons. The number of carbonyl (C=O) groups excluding carboxylic acids is 2. The fraction of sp³-hybridized carbons (Fsp3) is 0.571. The van der Waals surface area contributed by atoms with Gasteiger partial charge in [0.2, 0.25) is 0 Å². The van der Waals surface area contributed by atoms with Gasteiger partial charge in [-0.25, -0.2) is 4.79 Å². The van der Waals surface area contributed by atoms with Crippen LogP contribution in [-0.2, 0) is 22.4 Å². The Kier molecular flexibility index (Phi) is 3.31. The second kappa shape index (κ2) is 4.96. The molecule has 19 heavy (non-hydrogen) atoms. The molecule has 2 aliphatic carbocycles. The van der Waals surface area contributed by atoms with Crippen LogP contribution in [-0.4, -0.2) is 24.0 Å². The van der Waals surface area contributed by atoms with Gasteiger partial charge in [0.25, 0.3) is 5.91 Å². The first-order chi connectivity index (χ1) is 9.13. The van der Waals surface area contributed by atoms with Crippen molar-refractivity contribution in [2.24, 2.45) is 0 Å². The van der Waals surface area contributed by atoms with Crippen LogP contribution >= 0.6 is 11.3 Å². The van der Waals surface area contributed by atoms with Crippen LogP contribution < -0.4 is 5.32 Å². The summed E-state index contributed by atoms with van der Waals surface area (Å²) in [5, 5.41) is 2.84. The maximum Gasteiger partial charge on any atom is 0.349 e. The lowest BCUT2D eigenvalue weighted by molar-refractivity contribution is -0.129. The average molecular weight is 279 g/mol. The molecule has 0 aliphatic heterocycles. The van der Waals surface area contributed by atoms with Crippen LogP contribution in [0, 0.1) is 0 Å². The number of nitrogens with one attached hydrogen (secondary N) is 1. The minimum absolute atomic E-state index is 0.194. The molecule has 1 amide bonds. The van der Waals surface area contributed by atoms with Gasteiger partial charge in [-0.05, 0) is 50.7 Å². The first-order valence-electron chi connectivity index (χ1n) is 6.76. The molecule has 1 aromatic rings. The van der Waals surface area contributed by atoms with Crippen molar-refractivity contribution in [1.82, 2.24) is 5.32 Å². The minimum Gasteiger partial charge on any atom is -0.448 e. The molecule has 1 heterocycles. The van der Waals surface area contributed by atoms with Crippen molar-refractivity contribution in [1.29, 1.82) is 0 Å². The van der Waals surface area contributed by atoms with E-state index in [4.69, 9.17) is 4.74 Å². The van der Waals surface area contributed by atoms with Gasteiger partial charge in [0.05, 0.1) is 0 Å². The largest absolute Gasteiger partial charge is 0.448 e. The quantitative estimate of drug-likeness (QED) is 0.858. The third-order valence-corrected chi connectivity index (χ3v) is 4.74. The fourth-order valence-corrected chi connectivity index (χ4v) is 3.38. The molecule has 1 N–H and O–H groups in total. The van der Waals surface area contributed by atoms with E-state index in [9.17, 15) is 9.59 Å². The highest BCUT2D eigenvalue weighted by molar-refractivity contribution is 7.14. The van der Waals surface area contributed by atoms with Crippen LogP contribution in [0.4, 0.5) is 0 Å². The Balaban J connectivity index is 1.58. The molecule has 5 heteroatoms. The summed E-state index contributed by atoms with van der Waals surface area (Å²) in [4.78, 5) is 25.6. The van der Waals surface area contributed by atoms with Crippen molar-refractivity contribution < 1.29 is 14.3 Å². The van der Waals surface area contributed by atoms with Gasteiger partial charge in [-0.3, -0.25) is 4.79 Å². The highest BCUT2D eigenvalue weighted by Gasteiger charge is 2.28. The summed E-state index contributed by atoms with van der Waals surface area (Å²) in [5.74, 6) is -0.571. The van der Waals surface area contributed by atoms with Gasteiger partial charge >= 0.3 is 5.97 Å². The number of hydrogen-bond donors (Lipinski definition) is 1. The summed E-state index contributed by atoms with van der Waals surface area (Å²) >= 11 is 1.50. The smallest absolute Gasteiger partial charge is 0.349 e. The van der Waals surface area contributed by atoms with Crippen molar-refractivity contribution in [3.8, 4) is 0 Å². The molecule has 1 saturated carbocycles. The second-order valence-corrected chi connectivity index (χ2v) is 6.38. The van der Waals surface area contributed by atoms with Gasteiger partial charge < -0.3 is 10.1 Å². The van der Waals surface area contributed by atoms with Crippen molar-refractivity contribution in [2.75, 3.05) is 0 Å². The summed E-state index contributed by atoms with van der Waals surface area (Å²) < 4.78 is 5.22. The molecule has 1 atom stereocenters. The molecular weight excluding hydrogens is 262 g/mol. The molecule has 0 unspecified atom stereocenters. The van der Waals surface area contributed by atoms with Crippen molar-refractivity contribution in [3.63, 3.8) is 0 Å². The molecule has 1 aromatic heterocycles. The zero-order chi connectivity index (χ0) is 13.4. The van der Waals surface area contributed by atoms with E-state index in [1.807, 2.05) is 6.07 Å². The average Bonchev–Trinajstić information content (AvgIpc) is 2.91. The Morgan fingerprint density at radius 3 is 2.89 bits per heavy atom. The van der Waals surface area contributed by atoms with Crippen LogP contribution in [0.2, 0.25) is 0 Å². The minimum atomic E-state index is -0.718. The van der Waals surface area contributed by atoms with Crippen LogP contribution in [0.25, 0.3) is 0 Å². The molecular formula is C14H17NO3S. The van der Waals surface area contributed by atoms with Crippen LogP contribution in [0.3, 0.4) is 0 Å². The number of esters is 1. The zero-order valence-corrected chi connectivity index (χ0v) is 11.7. The lowest BCUT2D eigenvalue weighted by atomic mass is 10.2. The molecule has 0 spiro atoms. The lowest BCUT2D eigenvalue weighted by Gasteiger charge is -2.12. The molecule has 0 saturated heterocycles. The highest BCUT2D eigenvalue weighted by Crippen LogP contribution is 2.31. The van der Waals surface area contributed by atoms with Crippen LogP contribution in [0.1, 0.15) is 46.3 Å². The van der Waals surface area contributed by atoms with Gasteiger partial charge in [-0.1, -0.05) is 0 Å². The number of aryl methyl sites for hydroxylation is 2. The standard InChI is InChI=1S/C14H17NO3S/c1-8(13(16)15-10-5-6-10)18-14(17)12-7-9-3-2-4-11(9)19-12/h7-8,10H,2-6H2,1H3,(H,15,16)/t8-/m0/s1. The molecule has 3 rings (SSSR count). The molecule has 2 aliphatic rings. The topological polar surface area (TPSA) is 55.4 Å². The Hall–Kier alpha value is -1.36. The van der Waals surface area contributed by atoms with Gasteiger partial charge in [0, 0.05) is 10.9 Å². The summed E-state index contributed by atoms with van der Waals surface area (Å²) in [6, 6.07) is 2.21. The molecule has 0 bridgehead atoms. The van der Waals surface area contributed by atoms with Gasteiger partial charge in [-0.2, -0.15) is 0 Å². The monoisotopic (exact) mass is 279 g/mol. The fourth-order valence-electron chi connectivity index (χ4n) is 2.25. The predicted octanol–water partition coefficient (Wildman–Crippen LogP) is 2.06. The van der Waals surface area contributed by atoms with E-state index in [-0.39, 0.29) is 11.9 Å². The number of thiophene rings is 1. The number of hydrogen-bond acceptors (Lipinski definition) is 4. The van der Waals surface area contributed by atoms with Crippen molar-refractivity contribution >= 4 is 23.2 Å². The Morgan fingerprint density at radius 2 is 2.21 bits per heavy atom. The number of rotatable bonds is 4. The second-order valence-electron chi connectivity index (χ2n) is 5.24. The van der Waals surface area contributed by atoms with Gasteiger partial charge in [-0.15, -0.1) is 11.3 Å². The third kappa shape index (κ3) is 2.81. The van der Waals surface area contributed by atoms with E-state index in [1.54, 1.807) is 6.92 Å². The third-order valence-electron chi connectivity index (χ3n) is 3.52. The van der Waals surface area contributed by atoms with E-state index >= 15 is 0 Å². The normalized spacial score (nSPS) is 18.8. The van der Waals surface area contributed by atoms with Gasteiger partial charge in [0.15, 0.2) is 6.10 Å². The van der Waals surface area contributed by atoms with E-state index in [0.717, 1.165) is 25.7 Å². The first kappa shape index (κ1) is 12.7. The molecule has 1 fully saturated rings. The van der Waals surface area contributed by atoms with E-state index in [1.165, 1.54) is 28.2 Å². The van der Waals surface area contributed by atoms with E-state index in [0.29, 0.717) is 10.9 Å². The summed E-state index contributed by atoms with van der Waals surface area (Å²) in [5.41, 5.74) is 1.27. The van der Waals surface area contributed by atoms with Crippen LogP contribution in [0.5, 0.6) is 0 Å². The van der Waals surface area contributed by atoms with Crippen molar-refractivity contribution in [2.45, 2.75) is 51.2 Å². The predicted molar refractivity (Wildman–Crippen MR) is 72.4 cm³/mol. The SMILES string of the molecule is C[C@H](OC(=O)c1cc2c(s1)CCC2)C(=O)NC1CC1. The van der Waals surface area contributed by atoms with E-state index < -0.39 is 6.10 Å². The molecule has 0 radical (unpaired) electrons. The summed E-state index contributed by atoms with van der Waals surface area (Å²) in [6.07, 6.45) is 4.64. The highest BCUT2D eigenvalue weighted by atomic mass is 32.1. The van der Waals surface area contributed by atoms with Crippen molar-refractivity contribution in [3.05, 3.63) is 21.4 Å². The number of ether oxygens (including phenoxy) is 1.